The van der Waals surface area contributed by atoms with Gasteiger partial charge in [-0.3, -0.25) is 10.9 Å². The molecular formula is C19H22N6O2. The van der Waals surface area contributed by atoms with Crippen LogP contribution in [0, 0.1) is 0 Å². The van der Waals surface area contributed by atoms with E-state index in [1.54, 1.807) is 6.20 Å². The Hall–Kier alpha value is -2.97. The van der Waals surface area contributed by atoms with Crippen molar-refractivity contribution < 1.29 is 9.26 Å². The molecule has 3 heterocycles. The molecule has 3 aromatic rings. The average Bonchev–Trinajstić information content (AvgIpc) is 3.35. The number of aromatic nitrogens is 3. The van der Waals surface area contributed by atoms with Crippen molar-refractivity contribution in [1.82, 2.24) is 26.0 Å². The van der Waals surface area contributed by atoms with Crippen molar-refractivity contribution in [3.05, 3.63) is 54.5 Å². The van der Waals surface area contributed by atoms with Gasteiger partial charge in [-0.2, -0.15) is 4.98 Å². The summed E-state index contributed by atoms with van der Waals surface area (Å²) in [7, 11) is 0. The fraction of sp³-hybridized carbons (Fsp3) is 0.316. The van der Waals surface area contributed by atoms with E-state index >= 15 is 0 Å². The van der Waals surface area contributed by atoms with E-state index in [0.29, 0.717) is 23.8 Å². The summed E-state index contributed by atoms with van der Waals surface area (Å²) in [6.45, 7) is 3.22. The van der Waals surface area contributed by atoms with Crippen LogP contribution in [0.4, 0.5) is 5.82 Å². The zero-order valence-corrected chi connectivity index (χ0v) is 15.1. The minimum atomic E-state index is 0.251. The lowest BCUT2D eigenvalue weighted by Crippen LogP contribution is -2.36. The highest BCUT2D eigenvalue weighted by Gasteiger charge is 2.19. The van der Waals surface area contributed by atoms with Gasteiger partial charge in [0.2, 0.25) is 5.82 Å². The van der Waals surface area contributed by atoms with E-state index in [2.05, 4.69) is 38.2 Å². The second-order valence-corrected chi connectivity index (χ2v) is 6.55. The lowest BCUT2D eigenvalue weighted by molar-refractivity contribution is 0.287. The summed E-state index contributed by atoms with van der Waals surface area (Å²) in [5, 5.41) is 7.29. The highest BCUT2D eigenvalue weighted by Crippen LogP contribution is 2.19. The van der Waals surface area contributed by atoms with E-state index in [1.807, 2.05) is 42.5 Å². The highest BCUT2D eigenvalue weighted by atomic mass is 16.5. The molecule has 0 radical (unpaired) electrons. The van der Waals surface area contributed by atoms with E-state index in [-0.39, 0.29) is 6.61 Å². The zero-order valence-electron chi connectivity index (χ0n) is 15.1. The molecule has 1 saturated heterocycles. The Labute approximate surface area is 157 Å². The van der Waals surface area contributed by atoms with Crippen molar-refractivity contribution in [2.75, 3.05) is 11.9 Å². The van der Waals surface area contributed by atoms with Crippen LogP contribution in [0.2, 0.25) is 0 Å². The summed E-state index contributed by atoms with van der Waals surface area (Å²) in [4.78, 5) is 8.78. The Balaban J connectivity index is 1.31. The number of hydrogen-bond donors (Lipinski definition) is 3. The first kappa shape index (κ1) is 17.4. The van der Waals surface area contributed by atoms with Crippen LogP contribution in [0.5, 0.6) is 5.75 Å². The number of rotatable bonds is 7. The molecule has 1 aromatic carbocycles. The summed E-state index contributed by atoms with van der Waals surface area (Å²) in [6, 6.07) is 14.2. The number of hydrazine groups is 1. The lowest BCUT2D eigenvalue weighted by Gasteiger charge is -2.11. The van der Waals surface area contributed by atoms with Crippen molar-refractivity contribution in [2.45, 2.75) is 32.0 Å². The van der Waals surface area contributed by atoms with E-state index in [0.717, 1.165) is 30.1 Å². The Morgan fingerprint density at radius 3 is 2.81 bits per heavy atom. The molecule has 4 rings (SSSR count). The number of anilines is 1. The molecule has 3 N–H and O–H groups in total. The summed E-state index contributed by atoms with van der Waals surface area (Å²) in [6.07, 6.45) is 2.81. The largest absolute Gasteiger partial charge is 0.485 e. The minimum Gasteiger partial charge on any atom is -0.485 e. The van der Waals surface area contributed by atoms with Crippen molar-refractivity contribution in [3.63, 3.8) is 0 Å². The molecule has 8 heteroatoms. The summed E-state index contributed by atoms with van der Waals surface area (Å²) >= 11 is 0. The van der Waals surface area contributed by atoms with Crippen LogP contribution in [0.1, 0.15) is 19.2 Å². The molecular weight excluding hydrogens is 344 g/mol. The molecule has 0 bridgehead atoms. The summed E-state index contributed by atoms with van der Waals surface area (Å²) in [5.74, 6) is 2.50. The van der Waals surface area contributed by atoms with Gasteiger partial charge in [0, 0.05) is 24.8 Å². The van der Waals surface area contributed by atoms with Crippen LogP contribution in [0.15, 0.2) is 53.2 Å². The standard InChI is InChI=1S/C19H22N6O2/c1-13-9-15(24-23-13)11-21-17-8-7-14(10-20-17)19-22-18(25-27-19)12-26-16-5-3-2-4-6-16/h2-8,10,13,15,23-24H,9,11-12H2,1H3,(H,20,21). The van der Waals surface area contributed by atoms with Gasteiger partial charge in [-0.15, -0.1) is 0 Å². The monoisotopic (exact) mass is 366 g/mol. The Morgan fingerprint density at radius 1 is 1.19 bits per heavy atom. The predicted octanol–water partition coefficient (Wildman–Crippen LogP) is 2.38. The van der Waals surface area contributed by atoms with Crippen LogP contribution in [0.25, 0.3) is 11.5 Å². The van der Waals surface area contributed by atoms with Gasteiger partial charge >= 0.3 is 0 Å². The maximum atomic E-state index is 5.63. The van der Waals surface area contributed by atoms with Gasteiger partial charge in [-0.05, 0) is 37.6 Å². The van der Waals surface area contributed by atoms with Gasteiger partial charge in [0.15, 0.2) is 6.61 Å². The lowest BCUT2D eigenvalue weighted by atomic mass is 10.1. The number of nitrogens with one attached hydrogen (secondary N) is 3. The first-order chi connectivity index (χ1) is 13.3. The Bertz CT molecular complexity index is 852. The van der Waals surface area contributed by atoms with Crippen LogP contribution >= 0.6 is 0 Å². The topological polar surface area (TPSA) is 97.1 Å². The number of para-hydroxylation sites is 1. The van der Waals surface area contributed by atoms with Gasteiger partial charge in [-0.1, -0.05) is 23.4 Å². The van der Waals surface area contributed by atoms with Crippen LogP contribution in [-0.2, 0) is 6.61 Å². The molecule has 2 aromatic heterocycles. The highest BCUT2D eigenvalue weighted by molar-refractivity contribution is 5.54. The molecule has 27 heavy (non-hydrogen) atoms. The maximum Gasteiger partial charge on any atom is 0.259 e. The molecule has 2 unspecified atom stereocenters. The number of ether oxygens (including phenoxy) is 1. The maximum absolute atomic E-state index is 5.63. The molecule has 0 amide bonds. The molecule has 2 atom stereocenters. The van der Waals surface area contributed by atoms with Crippen molar-refractivity contribution in [3.8, 4) is 17.2 Å². The number of pyridine rings is 1. The third-order valence-electron chi connectivity index (χ3n) is 4.29. The van der Waals surface area contributed by atoms with Crippen molar-refractivity contribution in [1.29, 1.82) is 0 Å². The first-order valence-corrected chi connectivity index (χ1v) is 8.98. The van der Waals surface area contributed by atoms with Crippen LogP contribution < -0.4 is 20.9 Å². The Morgan fingerprint density at radius 2 is 2.07 bits per heavy atom. The first-order valence-electron chi connectivity index (χ1n) is 8.98. The van der Waals surface area contributed by atoms with Crippen molar-refractivity contribution in [2.24, 2.45) is 0 Å². The number of hydrogen-bond acceptors (Lipinski definition) is 8. The summed E-state index contributed by atoms with van der Waals surface area (Å²) in [5.41, 5.74) is 7.24. The SMILES string of the molecule is CC1CC(CNc2ccc(-c3nc(COc4ccccc4)no3)cn2)NN1. The van der Waals surface area contributed by atoms with Gasteiger partial charge in [-0.25, -0.2) is 4.98 Å². The van der Waals surface area contributed by atoms with Crippen LogP contribution in [-0.4, -0.2) is 33.8 Å². The quantitative estimate of drug-likeness (QED) is 0.586. The molecule has 1 fully saturated rings. The molecule has 140 valence electrons. The molecule has 1 aliphatic heterocycles. The molecule has 1 aliphatic rings. The number of benzene rings is 1. The van der Waals surface area contributed by atoms with E-state index in [9.17, 15) is 0 Å². The molecule has 0 spiro atoms. The second kappa shape index (κ2) is 8.15. The zero-order chi connectivity index (χ0) is 18.5. The van der Waals surface area contributed by atoms with Gasteiger partial charge < -0.3 is 14.6 Å². The third-order valence-corrected chi connectivity index (χ3v) is 4.29. The fourth-order valence-electron chi connectivity index (χ4n) is 2.89. The summed E-state index contributed by atoms with van der Waals surface area (Å²) < 4.78 is 10.9. The second-order valence-electron chi connectivity index (χ2n) is 6.55. The van der Waals surface area contributed by atoms with Crippen molar-refractivity contribution >= 4 is 5.82 Å². The average molecular weight is 366 g/mol. The normalized spacial score (nSPS) is 19.1. The van der Waals surface area contributed by atoms with Gasteiger partial charge in [0.25, 0.3) is 5.89 Å². The molecule has 0 aliphatic carbocycles. The van der Waals surface area contributed by atoms with E-state index < -0.39 is 0 Å². The fourth-order valence-corrected chi connectivity index (χ4v) is 2.89. The van der Waals surface area contributed by atoms with E-state index in [4.69, 9.17) is 9.26 Å². The predicted molar refractivity (Wildman–Crippen MR) is 101 cm³/mol. The third kappa shape index (κ3) is 4.60. The minimum absolute atomic E-state index is 0.251. The molecule has 8 nitrogen and oxygen atoms in total. The van der Waals surface area contributed by atoms with Gasteiger partial charge in [0.1, 0.15) is 11.6 Å². The Kier molecular flexibility index (Phi) is 5.27. The number of nitrogens with zero attached hydrogens (tertiary/aromatic N) is 3. The molecule has 0 saturated carbocycles. The van der Waals surface area contributed by atoms with Gasteiger partial charge in [0.05, 0.1) is 5.56 Å². The smallest absolute Gasteiger partial charge is 0.259 e. The van der Waals surface area contributed by atoms with E-state index in [1.165, 1.54) is 0 Å². The van der Waals surface area contributed by atoms with Crippen LogP contribution in [0.3, 0.4) is 0 Å².